The molecular weight excluding hydrogens is 470 g/mol. The van der Waals surface area contributed by atoms with Crippen LogP contribution in [0.2, 0.25) is 5.02 Å². The van der Waals surface area contributed by atoms with Gasteiger partial charge in [0.1, 0.15) is 11.6 Å². The lowest BCUT2D eigenvalue weighted by Crippen LogP contribution is -2.43. The van der Waals surface area contributed by atoms with Gasteiger partial charge in [-0.25, -0.2) is 29.9 Å². The van der Waals surface area contributed by atoms with Crippen LogP contribution in [-0.4, -0.2) is 46.0 Å². The zero-order chi connectivity index (χ0) is 22.8. The summed E-state index contributed by atoms with van der Waals surface area (Å²) in [6.45, 7) is 2.51. The number of halogens is 3. The van der Waals surface area contributed by atoms with Gasteiger partial charge in [-0.1, -0.05) is 11.6 Å². The Morgan fingerprint density at radius 2 is 1.71 bits per heavy atom. The van der Waals surface area contributed by atoms with Crippen LogP contribution in [0.4, 0.5) is 14.5 Å². The van der Waals surface area contributed by atoms with Gasteiger partial charge in [-0.3, -0.25) is 4.31 Å². The number of hydrogen-bond donors (Lipinski definition) is 0. The summed E-state index contributed by atoms with van der Waals surface area (Å²) in [6.07, 6.45) is 1.13. The van der Waals surface area contributed by atoms with Gasteiger partial charge in [0.15, 0.2) is 0 Å². The topological polar surface area (TPSA) is 74.8 Å². The van der Waals surface area contributed by atoms with Crippen LogP contribution in [0, 0.1) is 11.6 Å². The van der Waals surface area contributed by atoms with Crippen LogP contribution < -0.4 is 4.31 Å². The minimum absolute atomic E-state index is 0.135. The molecule has 1 atom stereocenters. The first-order valence-electron chi connectivity index (χ1n) is 9.75. The van der Waals surface area contributed by atoms with E-state index in [1.165, 1.54) is 35.5 Å². The second-order valence-corrected chi connectivity index (χ2v) is 11.8. The summed E-state index contributed by atoms with van der Waals surface area (Å²) >= 11 is 5.84. The fourth-order valence-corrected chi connectivity index (χ4v) is 6.77. The van der Waals surface area contributed by atoms with Crippen LogP contribution in [-0.2, 0) is 20.0 Å². The summed E-state index contributed by atoms with van der Waals surface area (Å²) in [7, 11) is -7.68. The molecule has 1 aliphatic rings. The van der Waals surface area contributed by atoms with Crippen molar-refractivity contribution in [3.8, 4) is 0 Å². The van der Waals surface area contributed by atoms with Crippen molar-refractivity contribution in [3.05, 3.63) is 59.1 Å². The Morgan fingerprint density at radius 1 is 1.06 bits per heavy atom. The van der Waals surface area contributed by atoms with Gasteiger partial charge in [-0.05, 0) is 62.6 Å². The zero-order valence-corrected chi connectivity index (χ0v) is 19.2. The highest BCUT2D eigenvalue weighted by Gasteiger charge is 2.33. The van der Waals surface area contributed by atoms with Crippen molar-refractivity contribution < 1.29 is 25.6 Å². The Bertz CT molecular complexity index is 1140. The first-order chi connectivity index (χ1) is 14.5. The molecule has 0 bridgehead atoms. The third-order valence-corrected chi connectivity index (χ3v) is 9.30. The van der Waals surface area contributed by atoms with Gasteiger partial charge in [0.25, 0.3) is 10.0 Å². The van der Waals surface area contributed by atoms with E-state index in [9.17, 15) is 25.6 Å². The molecule has 11 heteroatoms. The Hall–Kier alpha value is -1.75. The highest BCUT2D eigenvalue weighted by Crippen LogP contribution is 2.31. The number of sulfonamides is 2. The average molecular weight is 493 g/mol. The van der Waals surface area contributed by atoms with Gasteiger partial charge in [0.2, 0.25) is 10.0 Å². The highest BCUT2D eigenvalue weighted by molar-refractivity contribution is 7.92. The third kappa shape index (κ3) is 5.36. The normalized spacial score (nSPS) is 16.0. The zero-order valence-electron chi connectivity index (χ0n) is 16.8. The van der Waals surface area contributed by atoms with Crippen molar-refractivity contribution in [1.29, 1.82) is 0 Å². The van der Waals surface area contributed by atoms with E-state index in [1.54, 1.807) is 0 Å². The number of nitrogens with zero attached hydrogens (tertiary/aromatic N) is 2. The van der Waals surface area contributed by atoms with Crippen LogP contribution in [0.25, 0.3) is 0 Å². The van der Waals surface area contributed by atoms with Gasteiger partial charge in [0, 0.05) is 30.2 Å². The lowest BCUT2D eigenvalue weighted by molar-refractivity contribution is 0.309. The predicted molar refractivity (Wildman–Crippen MR) is 116 cm³/mol. The molecule has 31 heavy (non-hydrogen) atoms. The summed E-state index contributed by atoms with van der Waals surface area (Å²) in [4.78, 5) is -0.138. The summed E-state index contributed by atoms with van der Waals surface area (Å²) < 4.78 is 81.8. The van der Waals surface area contributed by atoms with Gasteiger partial charge in [-0.15, -0.1) is 0 Å². The van der Waals surface area contributed by atoms with Gasteiger partial charge in [0.05, 0.1) is 16.3 Å². The Balaban J connectivity index is 1.90. The molecule has 0 amide bonds. The van der Waals surface area contributed by atoms with E-state index >= 15 is 0 Å². The molecule has 1 fully saturated rings. The van der Waals surface area contributed by atoms with Gasteiger partial charge in [-0.2, -0.15) is 0 Å². The molecule has 1 heterocycles. The van der Waals surface area contributed by atoms with E-state index in [2.05, 4.69) is 0 Å². The van der Waals surface area contributed by atoms with E-state index in [0.717, 1.165) is 28.9 Å². The van der Waals surface area contributed by atoms with Crippen LogP contribution >= 0.6 is 11.6 Å². The van der Waals surface area contributed by atoms with Crippen molar-refractivity contribution in [2.24, 2.45) is 0 Å². The van der Waals surface area contributed by atoms with Crippen LogP contribution in [0.15, 0.2) is 47.4 Å². The minimum Gasteiger partial charge on any atom is -0.260 e. The monoisotopic (exact) mass is 492 g/mol. The van der Waals surface area contributed by atoms with E-state index in [1.807, 2.05) is 0 Å². The number of benzene rings is 2. The van der Waals surface area contributed by atoms with Crippen LogP contribution in [0.3, 0.4) is 0 Å². The molecule has 0 aromatic heterocycles. The first-order valence-corrected chi connectivity index (χ1v) is 13.2. The molecule has 1 aliphatic heterocycles. The van der Waals surface area contributed by atoms with E-state index in [-0.39, 0.29) is 23.5 Å². The summed E-state index contributed by atoms with van der Waals surface area (Å²) in [5.41, 5.74) is -0.437. The fourth-order valence-electron chi connectivity index (χ4n) is 3.35. The maximum atomic E-state index is 14.6. The molecule has 6 nitrogen and oxygen atoms in total. The molecule has 170 valence electrons. The van der Waals surface area contributed by atoms with Crippen molar-refractivity contribution in [3.63, 3.8) is 0 Å². The van der Waals surface area contributed by atoms with Crippen molar-refractivity contribution >= 4 is 37.3 Å². The van der Waals surface area contributed by atoms with Crippen molar-refractivity contribution in [1.82, 2.24) is 4.31 Å². The third-order valence-electron chi connectivity index (χ3n) is 5.15. The van der Waals surface area contributed by atoms with Crippen LogP contribution in [0.5, 0.6) is 0 Å². The number of anilines is 1. The van der Waals surface area contributed by atoms with Crippen LogP contribution in [0.1, 0.15) is 26.2 Å². The largest absolute Gasteiger partial charge is 0.264 e. The molecule has 2 aromatic rings. The lowest BCUT2D eigenvalue weighted by atomic mass is 10.2. The number of rotatable bonds is 9. The molecule has 0 aliphatic carbocycles. The Morgan fingerprint density at radius 3 is 2.29 bits per heavy atom. The van der Waals surface area contributed by atoms with Gasteiger partial charge >= 0.3 is 0 Å². The van der Waals surface area contributed by atoms with Crippen molar-refractivity contribution in [2.75, 3.05) is 23.1 Å². The quantitative estimate of drug-likeness (QED) is 0.530. The van der Waals surface area contributed by atoms with E-state index in [4.69, 9.17) is 11.6 Å². The molecule has 0 N–H and O–H groups in total. The molecular formula is C20H23ClF2N2O4S2. The molecule has 0 radical (unpaired) electrons. The van der Waals surface area contributed by atoms with Gasteiger partial charge < -0.3 is 0 Å². The SMILES string of the molecule is C[C@H](CCCS(=O)(=O)N1CCC1)N(c1cc(F)ccc1F)S(=O)(=O)c1ccc(Cl)cc1. The second-order valence-electron chi connectivity index (χ2n) is 7.41. The average Bonchev–Trinajstić information content (AvgIpc) is 2.63. The minimum atomic E-state index is -4.28. The maximum Gasteiger partial charge on any atom is 0.264 e. The molecule has 2 aromatic carbocycles. The van der Waals surface area contributed by atoms with E-state index < -0.39 is 43.4 Å². The lowest BCUT2D eigenvalue weighted by Gasteiger charge is -2.32. The molecule has 1 saturated heterocycles. The standard InChI is InChI=1S/C20H23ClF2N2O4S2/c1-15(4-2-13-30(26,27)24-11-3-12-24)25(20-14-17(22)7-10-19(20)23)31(28,29)18-8-5-16(21)6-9-18/h5-10,14-15H,2-4,11-13H2,1H3/t15-/m1/s1. The Labute approximate surface area is 186 Å². The second kappa shape index (κ2) is 9.40. The first kappa shape index (κ1) is 23.9. The molecule has 0 spiro atoms. The summed E-state index contributed by atoms with van der Waals surface area (Å²) in [5.74, 6) is -1.84. The van der Waals surface area contributed by atoms with Crippen molar-refractivity contribution in [2.45, 2.75) is 37.1 Å². The fraction of sp³-hybridized carbons (Fsp3) is 0.400. The summed E-state index contributed by atoms with van der Waals surface area (Å²) in [6, 6.07) is 7.08. The Kier molecular flexibility index (Phi) is 7.25. The maximum absolute atomic E-state index is 14.6. The number of hydrogen-bond acceptors (Lipinski definition) is 4. The highest BCUT2D eigenvalue weighted by atomic mass is 35.5. The molecule has 0 unspecified atom stereocenters. The molecule has 0 saturated carbocycles. The smallest absolute Gasteiger partial charge is 0.260 e. The molecule has 3 rings (SSSR count). The summed E-state index contributed by atoms with van der Waals surface area (Å²) in [5, 5.41) is 0.326. The predicted octanol–water partition coefficient (Wildman–Crippen LogP) is 4.02. The van der Waals surface area contributed by atoms with E-state index in [0.29, 0.717) is 18.1 Å².